The number of carbonyl (C=O) groups excluding carboxylic acids is 1. The Morgan fingerprint density at radius 3 is 2.35 bits per heavy atom. The molecule has 1 aliphatic heterocycles. The third-order valence-electron chi connectivity index (χ3n) is 3.31. The molecule has 20 heavy (non-hydrogen) atoms. The molecular weight excluding hydrogens is 282 g/mol. The van der Waals surface area contributed by atoms with Crippen LogP contribution in [0, 0.1) is 0 Å². The molecule has 2 heterocycles. The van der Waals surface area contributed by atoms with Crippen molar-refractivity contribution in [1.82, 2.24) is 14.4 Å². The zero-order valence-electron chi connectivity index (χ0n) is 11.9. The molecule has 1 aromatic heterocycles. The first kappa shape index (κ1) is 15.0. The summed E-state index contributed by atoms with van der Waals surface area (Å²) >= 11 is 0. The van der Waals surface area contributed by atoms with Crippen LogP contribution in [0.25, 0.3) is 0 Å². The van der Waals surface area contributed by atoms with Gasteiger partial charge in [-0.15, -0.1) is 0 Å². The quantitative estimate of drug-likeness (QED) is 0.812. The Bertz CT molecular complexity index is 586. The third-order valence-corrected chi connectivity index (χ3v) is 4.61. The van der Waals surface area contributed by atoms with Crippen LogP contribution in [0.1, 0.15) is 36.0 Å². The second-order valence-electron chi connectivity index (χ2n) is 5.22. The average molecular weight is 301 g/mol. The molecule has 1 aliphatic rings. The van der Waals surface area contributed by atoms with E-state index < -0.39 is 10.0 Å². The van der Waals surface area contributed by atoms with Crippen LogP contribution in [0.4, 0.5) is 0 Å². The summed E-state index contributed by atoms with van der Waals surface area (Å²) in [7, 11) is -3.19. The zero-order chi connectivity index (χ0) is 14.9. The van der Waals surface area contributed by atoms with E-state index in [1.807, 2.05) is 13.8 Å². The number of hydrogen-bond donors (Lipinski definition) is 0. The van der Waals surface area contributed by atoms with E-state index in [0.717, 1.165) is 0 Å². The SMILES string of the molecule is CC(C)c1cc(C(=O)N2CCN(S(C)(=O)=O)CC2)no1. The van der Waals surface area contributed by atoms with Gasteiger partial charge in [-0.05, 0) is 0 Å². The lowest BCUT2D eigenvalue weighted by Gasteiger charge is -2.32. The standard InChI is InChI=1S/C12H19N3O4S/c1-9(2)11-8-10(13-19-11)12(16)14-4-6-15(7-5-14)20(3,17)18/h8-9H,4-7H2,1-3H3. The Morgan fingerprint density at radius 2 is 1.90 bits per heavy atom. The highest BCUT2D eigenvalue weighted by molar-refractivity contribution is 7.88. The lowest BCUT2D eigenvalue weighted by atomic mass is 10.1. The zero-order valence-corrected chi connectivity index (χ0v) is 12.7. The van der Waals surface area contributed by atoms with Gasteiger partial charge < -0.3 is 9.42 Å². The Kier molecular flexibility index (Phi) is 4.14. The van der Waals surface area contributed by atoms with Crippen molar-refractivity contribution in [3.05, 3.63) is 17.5 Å². The molecule has 8 heteroatoms. The molecule has 0 aromatic carbocycles. The summed E-state index contributed by atoms with van der Waals surface area (Å²) < 4.78 is 29.3. The van der Waals surface area contributed by atoms with Gasteiger partial charge in [0, 0.05) is 38.2 Å². The summed E-state index contributed by atoms with van der Waals surface area (Å²) in [6.07, 6.45) is 1.18. The molecular formula is C12H19N3O4S. The van der Waals surface area contributed by atoms with Crippen LogP contribution in [0.5, 0.6) is 0 Å². The normalized spacial score (nSPS) is 17.7. The van der Waals surface area contributed by atoms with E-state index in [-0.39, 0.29) is 17.5 Å². The fourth-order valence-electron chi connectivity index (χ4n) is 2.05. The molecule has 112 valence electrons. The number of rotatable bonds is 3. The summed E-state index contributed by atoms with van der Waals surface area (Å²) in [6.45, 7) is 5.30. The number of amides is 1. The number of sulfonamides is 1. The monoisotopic (exact) mass is 301 g/mol. The molecule has 0 N–H and O–H groups in total. The van der Waals surface area contributed by atoms with E-state index in [1.165, 1.54) is 10.6 Å². The summed E-state index contributed by atoms with van der Waals surface area (Å²) in [5, 5.41) is 3.78. The van der Waals surface area contributed by atoms with E-state index in [4.69, 9.17) is 4.52 Å². The van der Waals surface area contributed by atoms with Crippen molar-refractivity contribution in [2.75, 3.05) is 32.4 Å². The highest BCUT2D eigenvalue weighted by atomic mass is 32.2. The van der Waals surface area contributed by atoms with Crippen molar-refractivity contribution >= 4 is 15.9 Å². The lowest BCUT2D eigenvalue weighted by molar-refractivity contribution is 0.0687. The van der Waals surface area contributed by atoms with Crippen LogP contribution in [-0.4, -0.2) is 61.1 Å². The molecule has 0 unspecified atom stereocenters. The molecule has 1 fully saturated rings. The first-order valence-corrected chi connectivity index (χ1v) is 8.35. The molecule has 1 amide bonds. The average Bonchev–Trinajstić information content (AvgIpc) is 2.86. The minimum atomic E-state index is -3.19. The number of nitrogens with zero attached hydrogens (tertiary/aromatic N) is 3. The predicted octanol–water partition coefficient (Wildman–Crippen LogP) is 0.515. The number of piperazine rings is 1. The highest BCUT2D eigenvalue weighted by Crippen LogP contribution is 2.17. The first-order valence-electron chi connectivity index (χ1n) is 6.50. The van der Waals surface area contributed by atoms with Gasteiger partial charge in [-0.1, -0.05) is 19.0 Å². The van der Waals surface area contributed by atoms with Gasteiger partial charge in [-0.3, -0.25) is 4.79 Å². The van der Waals surface area contributed by atoms with Crippen molar-refractivity contribution in [1.29, 1.82) is 0 Å². The van der Waals surface area contributed by atoms with Crippen LogP contribution in [0.15, 0.2) is 10.6 Å². The molecule has 0 aliphatic carbocycles. The molecule has 0 saturated carbocycles. The topological polar surface area (TPSA) is 83.7 Å². The van der Waals surface area contributed by atoms with E-state index in [2.05, 4.69) is 5.16 Å². The van der Waals surface area contributed by atoms with Gasteiger partial charge in [-0.2, -0.15) is 4.31 Å². The van der Waals surface area contributed by atoms with Crippen LogP contribution in [0.2, 0.25) is 0 Å². The minimum absolute atomic E-state index is 0.172. The van der Waals surface area contributed by atoms with Gasteiger partial charge in [0.1, 0.15) is 5.76 Å². The number of carbonyl (C=O) groups is 1. The maximum absolute atomic E-state index is 12.2. The first-order chi connectivity index (χ1) is 9.29. The Balaban J connectivity index is 2.01. The predicted molar refractivity (Wildman–Crippen MR) is 72.9 cm³/mol. The highest BCUT2D eigenvalue weighted by Gasteiger charge is 2.28. The molecule has 0 spiro atoms. The van der Waals surface area contributed by atoms with Gasteiger partial charge in [-0.25, -0.2) is 8.42 Å². The molecule has 0 atom stereocenters. The Morgan fingerprint density at radius 1 is 1.30 bits per heavy atom. The van der Waals surface area contributed by atoms with Crippen LogP contribution in [-0.2, 0) is 10.0 Å². The summed E-state index contributed by atoms with van der Waals surface area (Å²) in [5.41, 5.74) is 0.279. The van der Waals surface area contributed by atoms with Gasteiger partial charge >= 0.3 is 0 Å². The summed E-state index contributed by atoms with van der Waals surface area (Å²) in [4.78, 5) is 13.8. The minimum Gasteiger partial charge on any atom is -0.360 e. The van der Waals surface area contributed by atoms with E-state index in [0.29, 0.717) is 31.9 Å². The van der Waals surface area contributed by atoms with Gasteiger partial charge in [0.2, 0.25) is 10.0 Å². The maximum atomic E-state index is 12.2. The largest absolute Gasteiger partial charge is 0.360 e. The van der Waals surface area contributed by atoms with Crippen LogP contribution in [0.3, 0.4) is 0 Å². The van der Waals surface area contributed by atoms with E-state index in [1.54, 1.807) is 11.0 Å². The third kappa shape index (κ3) is 3.18. The second-order valence-corrected chi connectivity index (χ2v) is 7.21. The van der Waals surface area contributed by atoms with Crippen molar-refractivity contribution in [3.63, 3.8) is 0 Å². The van der Waals surface area contributed by atoms with Crippen LogP contribution < -0.4 is 0 Å². The van der Waals surface area contributed by atoms with Gasteiger partial charge in [0.15, 0.2) is 5.69 Å². The second kappa shape index (κ2) is 5.53. The van der Waals surface area contributed by atoms with Crippen molar-refractivity contribution in [3.8, 4) is 0 Å². The Labute approximate surface area is 118 Å². The molecule has 2 rings (SSSR count). The van der Waals surface area contributed by atoms with Crippen molar-refractivity contribution in [2.24, 2.45) is 0 Å². The lowest BCUT2D eigenvalue weighted by Crippen LogP contribution is -2.50. The van der Waals surface area contributed by atoms with Crippen LogP contribution >= 0.6 is 0 Å². The Hall–Kier alpha value is -1.41. The maximum Gasteiger partial charge on any atom is 0.276 e. The molecule has 1 aromatic rings. The fraction of sp³-hybridized carbons (Fsp3) is 0.667. The fourth-order valence-corrected chi connectivity index (χ4v) is 2.87. The number of aromatic nitrogens is 1. The molecule has 0 bridgehead atoms. The van der Waals surface area contributed by atoms with Crippen molar-refractivity contribution in [2.45, 2.75) is 19.8 Å². The summed E-state index contributed by atoms with van der Waals surface area (Å²) in [5.74, 6) is 0.628. The van der Waals surface area contributed by atoms with Gasteiger partial charge in [0.05, 0.1) is 6.26 Å². The summed E-state index contributed by atoms with van der Waals surface area (Å²) in [6, 6.07) is 1.65. The van der Waals surface area contributed by atoms with E-state index in [9.17, 15) is 13.2 Å². The van der Waals surface area contributed by atoms with Gasteiger partial charge in [0.25, 0.3) is 5.91 Å². The van der Waals surface area contributed by atoms with Crippen molar-refractivity contribution < 1.29 is 17.7 Å². The smallest absolute Gasteiger partial charge is 0.276 e. The molecule has 0 radical (unpaired) electrons. The van der Waals surface area contributed by atoms with E-state index >= 15 is 0 Å². The molecule has 7 nitrogen and oxygen atoms in total. The molecule has 1 saturated heterocycles. The number of hydrogen-bond acceptors (Lipinski definition) is 5.